The zero-order chi connectivity index (χ0) is 13.8. The molecule has 1 aliphatic heterocycles. The van der Waals surface area contributed by atoms with E-state index in [0.717, 1.165) is 31.6 Å². The molecule has 2 rings (SSSR count). The van der Waals surface area contributed by atoms with Gasteiger partial charge < -0.3 is 15.5 Å². The SMILES string of the molecule is CN1CCN(C)C(CC(N)Cc2ccccc2F)C1. The Bertz CT molecular complexity index is 410. The van der Waals surface area contributed by atoms with Crippen molar-refractivity contribution < 1.29 is 4.39 Å². The van der Waals surface area contributed by atoms with Gasteiger partial charge in [0.2, 0.25) is 0 Å². The minimum absolute atomic E-state index is 0.0100. The van der Waals surface area contributed by atoms with Gasteiger partial charge in [0, 0.05) is 31.7 Å². The van der Waals surface area contributed by atoms with Crippen molar-refractivity contribution >= 4 is 0 Å². The number of hydrogen-bond acceptors (Lipinski definition) is 3. The van der Waals surface area contributed by atoms with Gasteiger partial charge >= 0.3 is 0 Å². The molecule has 1 heterocycles. The third-order valence-corrected chi connectivity index (χ3v) is 3.99. The molecular formula is C15H24FN3. The Kier molecular flexibility index (Phi) is 4.91. The maximum Gasteiger partial charge on any atom is 0.126 e. The van der Waals surface area contributed by atoms with E-state index >= 15 is 0 Å². The van der Waals surface area contributed by atoms with E-state index in [4.69, 9.17) is 5.73 Å². The van der Waals surface area contributed by atoms with Crippen LogP contribution in [0.25, 0.3) is 0 Å². The molecule has 0 radical (unpaired) electrons. The average Bonchev–Trinajstić information content (AvgIpc) is 2.37. The minimum Gasteiger partial charge on any atom is -0.327 e. The molecule has 1 aromatic rings. The van der Waals surface area contributed by atoms with Gasteiger partial charge in [-0.2, -0.15) is 0 Å². The molecule has 19 heavy (non-hydrogen) atoms. The molecular weight excluding hydrogens is 241 g/mol. The number of nitrogens with two attached hydrogens (primary N) is 1. The molecule has 0 saturated carbocycles. The Morgan fingerprint density at radius 3 is 2.79 bits per heavy atom. The van der Waals surface area contributed by atoms with E-state index in [9.17, 15) is 4.39 Å². The molecule has 106 valence electrons. The van der Waals surface area contributed by atoms with Gasteiger partial charge in [-0.25, -0.2) is 4.39 Å². The molecule has 1 saturated heterocycles. The largest absolute Gasteiger partial charge is 0.327 e. The molecule has 2 N–H and O–H groups in total. The molecule has 4 heteroatoms. The summed E-state index contributed by atoms with van der Waals surface area (Å²) < 4.78 is 13.6. The van der Waals surface area contributed by atoms with Crippen molar-refractivity contribution in [2.75, 3.05) is 33.7 Å². The highest BCUT2D eigenvalue weighted by atomic mass is 19.1. The van der Waals surface area contributed by atoms with Crippen LogP contribution in [0.15, 0.2) is 24.3 Å². The van der Waals surface area contributed by atoms with Crippen molar-refractivity contribution in [3.8, 4) is 0 Å². The highest BCUT2D eigenvalue weighted by Gasteiger charge is 2.24. The van der Waals surface area contributed by atoms with E-state index in [2.05, 4.69) is 23.9 Å². The summed E-state index contributed by atoms with van der Waals surface area (Å²) in [6.07, 6.45) is 1.52. The molecule has 0 bridgehead atoms. The van der Waals surface area contributed by atoms with Crippen LogP contribution >= 0.6 is 0 Å². The van der Waals surface area contributed by atoms with E-state index in [1.165, 1.54) is 6.07 Å². The summed E-state index contributed by atoms with van der Waals surface area (Å²) in [5.74, 6) is -0.146. The Morgan fingerprint density at radius 2 is 2.05 bits per heavy atom. The lowest BCUT2D eigenvalue weighted by Gasteiger charge is -2.38. The van der Waals surface area contributed by atoms with Crippen LogP contribution < -0.4 is 5.73 Å². The molecule has 0 aromatic heterocycles. The fourth-order valence-corrected chi connectivity index (χ4v) is 2.74. The number of hydrogen-bond donors (Lipinski definition) is 1. The Hall–Kier alpha value is -0.970. The monoisotopic (exact) mass is 265 g/mol. The first-order valence-electron chi connectivity index (χ1n) is 6.94. The number of benzene rings is 1. The molecule has 0 spiro atoms. The third kappa shape index (κ3) is 4.00. The fourth-order valence-electron chi connectivity index (χ4n) is 2.74. The lowest BCUT2D eigenvalue weighted by Crippen LogP contribution is -2.51. The lowest BCUT2D eigenvalue weighted by molar-refractivity contribution is 0.104. The Labute approximate surface area is 115 Å². The molecule has 2 unspecified atom stereocenters. The van der Waals surface area contributed by atoms with Crippen LogP contribution in [0, 0.1) is 5.82 Å². The second-order valence-corrected chi connectivity index (χ2v) is 5.69. The van der Waals surface area contributed by atoms with Crippen LogP contribution in [0.1, 0.15) is 12.0 Å². The van der Waals surface area contributed by atoms with Crippen LogP contribution in [-0.4, -0.2) is 55.6 Å². The third-order valence-electron chi connectivity index (χ3n) is 3.99. The Balaban J connectivity index is 1.90. The molecule has 0 amide bonds. The molecule has 3 nitrogen and oxygen atoms in total. The number of halogens is 1. The number of nitrogens with zero attached hydrogens (tertiary/aromatic N) is 2. The predicted octanol–water partition coefficient (Wildman–Crippen LogP) is 1.33. The van der Waals surface area contributed by atoms with Gasteiger partial charge in [-0.3, -0.25) is 0 Å². The van der Waals surface area contributed by atoms with Crippen LogP contribution in [0.5, 0.6) is 0 Å². The normalized spacial score (nSPS) is 23.5. The topological polar surface area (TPSA) is 32.5 Å². The van der Waals surface area contributed by atoms with E-state index in [1.54, 1.807) is 6.07 Å². The smallest absolute Gasteiger partial charge is 0.126 e. The zero-order valence-corrected chi connectivity index (χ0v) is 11.8. The van der Waals surface area contributed by atoms with E-state index < -0.39 is 0 Å². The fraction of sp³-hybridized carbons (Fsp3) is 0.600. The quantitative estimate of drug-likeness (QED) is 0.891. The van der Waals surface area contributed by atoms with Gasteiger partial charge in [-0.05, 0) is 38.6 Å². The molecule has 1 aliphatic rings. The van der Waals surface area contributed by atoms with Gasteiger partial charge in [-0.1, -0.05) is 18.2 Å². The van der Waals surface area contributed by atoms with Gasteiger partial charge in [0.1, 0.15) is 5.82 Å². The van der Waals surface area contributed by atoms with E-state index in [0.29, 0.717) is 12.5 Å². The summed E-state index contributed by atoms with van der Waals surface area (Å²) in [5.41, 5.74) is 6.93. The summed E-state index contributed by atoms with van der Waals surface area (Å²) in [6.45, 7) is 3.23. The highest BCUT2D eigenvalue weighted by molar-refractivity contribution is 5.18. The maximum atomic E-state index is 13.6. The van der Waals surface area contributed by atoms with E-state index in [1.807, 2.05) is 12.1 Å². The summed E-state index contributed by atoms with van der Waals surface area (Å²) >= 11 is 0. The van der Waals surface area contributed by atoms with E-state index in [-0.39, 0.29) is 11.9 Å². The van der Waals surface area contributed by atoms with Crippen molar-refractivity contribution in [1.82, 2.24) is 9.80 Å². The summed E-state index contributed by atoms with van der Waals surface area (Å²) in [5, 5.41) is 0. The second kappa shape index (κ2) is 6.46. The van der Waals surface area contributed by atoms with Crippen molar-refractivity contribution in [2.45, 2.75) is 24.9 Å². The van der Waals surface area contributed by atoms with Crippen molar-refractivity contribution in [3.63, 3.8) is 0 Å². The first-order valence-corrected chi connectivity index (χ1v) is 6.94. The van der Waals surface area contributed by atoms with Gasteiger partial charge in [0.25, 0.3) is 0 Å². The zero-order valence-electron chi connectivity index (χ0n) is 11.8. The number of piperazine rings is 1. The first-order chi connectivity index (χ1) is 9.06. The lowest BCUT2D eigenvalue weighted by atomic mass is 9.98. The van der Waals surface area contributed by atoms with Crippen molar-refractivity contribution in [2.24, 2.45) is 5.73 Å². The van der Waals surface area contributed by atoms with Crippen LogP contribution in [-0.2, 0) is 6.42 Å². The number of rotatable bonds is 4. The molecule has 1 aromatic carbocycles. The first kappa shape index (κ1) is 14.4. The predicted molar refractivity (Wildman–Crippen MR) is 76.6 cm³/mol. The van der Waals surface area contributed by atoms with Crippen LogP contribution in [0.3, 0.4) is 0 Å². The molecule has 2 atom stereocenters. The summed E-state index contributed by atoms with van der Waals surface area (Å²) in [6, 6.07) is 7.39. The summed E-state index contributed by atoms with van der Waals surface area (Å²) in [4.78, 5) is 4.70. The molecule has 1 fully saturated rings. The average molecular weight is 265 g/mol. The van der Waals surface area contributed by atoms with Gasteiger partial charge in [0.15, 0.2) is 0 Å². The number of likely N-dealkylation sites (N-methyl/N-ethyl adjacent to an activating group) is 2. The molecule has 0 aliphatic carbocycles. The standard InChI is InChI=1S/C15H24FN3/c1-18-7-8-19(2)14(11-18)10-13(17)9-12-5-3-4-6-15(12)16/h3-6,13-14H,7-11,17H2,1-2H3. The van der Waals surface area contributed by atoms with Gasteiger partial charge in [-0.15, -0.1) is 0 Å². The minimum atomic E-state index is -0.146. The van der Waals surface area contributed by atoms with Crippen LogP contribution in [0.4, 0.5) is 4.39 Å². The second-order valence-electron chi connectivity index (χ2n) is 5.69. The highest BCUT2D eigenvalue weighted by Crippen LogP contribution is 2.15. The Morgan fingerprint density at radius 1 is 1.32 bits per heavy atom. The van der Waals surface area contributed by atoms with Crippen molar-refractivity contribution in [1.29, 1.82) is 0 Å². The van der Waals surface area contributed by atoms with Crippen molar-refractivity contribution in [3.05, 3.63) is 35.6 Å². The van der Waals surface area contributed by atoms with Gasteiger partial charge in [0.05, 0.1) is 0 Å². The maximum absolute atomic E-state index is 13.6. The summed E-state index contributed by atoms with van der Waals surface area (Å²) in [7, 11) is 4.29. The van der Waals surface area contributed by atoms with Crippen LogP contribution in [0.2, 0.25) is 0 Å².